The summed E-state index contributed by atoms with van der Waals surface area (Å²) in [5, 5.41) is 5.62. The lowest BCUT2D eigenvalue weighted by molar-refractivity contribution is -0.122. The molecule has 0 bridgehead atoms. The second kappa shape index (κ2) is 9.02. The number of amides is 3. The van der Waals surface area contributed by atoms with E-state index in [4.69, 9.17) is 0 Å². The Morgan fingerprint density at radius 3 is 2.26 bits per heavy atom. The van der Waals surface area contributed by atoms with Gasteiger partial charge in [0.05, 0.1) is 0 Å². The molecule has 6 nitrogen and oxygen atoms in total. The normalized spacial score (nSPS) is 21.9. The van der Waals surface area contributed by atoms with E-state index >= 15 is 0 Å². The lowest BCUT2D eigenvalue weighted by Crippen LogP contribution is -2.31. The number of hydrogen-bond acceptors (Lipinski definition) is 3. The van der Waals surface area contributed by atoms with Crippen LogP contribution in [0.3, 0.4) is 0 Å². The molecular formula is C21H29N3O3. The first kappa shape index (κ1) is 19.4. The molecule has 1 aliphatic carbocycles. The largest absolute Gasteiger partial charge is 0.355 e. The molecule has 2 aliphatic rings. The monoisotopic (exact) mass is 371 g/mol. The lowest BCUT2D eigenvalue weighted by Gasteiger charge is -2.20. The summed E-state index contributed by atoms with van der Waals surface area (Å²) >= 11 is 0. The van der Waals surface area contributed by atoms with Crippen LogP contribution in [0.1, 0.15) is 55.8 Å². The second-order valence-electron chi connectivity index (χ2n) is 7.69. The summed E-state index contributed by atoms with van der Waals surface area (Å²) in [7, 11) is 0. The van der Waals surface area contributed by atoms with Gasteiger partial charge in [0.1, 0.15) is 0 Å². The topological polar surface area (TPSA) is 78.5 Å². The Balaban J connectivity index is 1.43. The number of nitrogens with zero attached hydrogens (tertiary/aromatic N) is 1. The van der Waals surface area contributed by atoms with E-state index in [1.807, 2.05) is 4.90 Å². The van der Waals surface area contributed by atoms with Crippen LogP contribution in [0, 0.1) is 11.8 Å². The number of rotatable bonds is 6. The van der Waals surface area contributed by atoms with E-state index in [2.05, 4.69) is 17.6 Å². The molecule has 2 unspecified atom stereocenters. The number of nitrogens with one attached hydrogen (secondary N) is 2. The molecule has 2 atom stereocenters. The molecule has 1 aromatic carbocycles. The van der Waals surface area contributed by atoms with E-state index in [1.54, 1.807) is 24.3 Å². The van der Waals surface area contributed by atoms with E-state index < -0.39 is 0 Å². The Labute approximate surface area is 160 Å². The van der Waals surface area contributed by atoms with Gasteiger partial charge in [-0.15, -0.1) is 0 Å². The molecule has 1 heterocycles. The quantitative estimate of drug-likeness (QED) is 0.807. The van der Waals surface area contributed by atoms with Crippen molar-refractivity contribution in [3.05, 3.63) is 29.8 Å². The van der Waals surface area contributed by atoms with E-state index in [9.17, 15) is 14.4 Å². The third kappa shape index (κ3) is 5.55. The Hall–Kier alpha value is -2.37. The highest BCUT2D eigenvalue weighted by Crippen LogP contribution is 2.37. The Morgan fingerprint density at radius 2 is 1.67 bits per heavy atom. The van der Waals surface area contributed by atoms with Crippen LogP contribution < -0.4 is 10.6 Å². The molecule has 2 N–H and O–H groups in total. The fraction of sp³-hybridized carbons (Fsp3) is 0.571. The minimum Gasteiger partial charge on any atom is -0.355 e. The number of benzene rings is 1. The molecule has 1 saturated heterocycles. The van der Waals surface area contributed by atoms with Gasteiger partial charge in [-0.3, -0.25) is 14.4 Å². The molecule has 0 aromatic heterocycles. The van der Waals surface area contributed by atoms with Crippen molar-refractivity contribution in [1.29, 1.82) is 0 Å². The summed E-state index contributed by atoms with van der Waals surface area (Å²) in [6.45, 7) is 4.04. The maximum atomic E-state index is 12.6. The predicted octanol–water partition coefficient (Wildman–Crippen LogP) is 2.80. The zero-order chi connectivity index (χ0) is 19.2. The molecule has 3 rings (SSSR count). The van der Waals surface area contributed by atoms with E-state index in [0.717, 1.165) is 32.4 Å². The summed E-state index contributed by atoms with van der Waals surface area (Å²) in [4.78, 5) is 38.2. The van der Waals surface area contributed by atoms with Gasteiger partial charge in [-0.05, 0) is 49.4 Å². The molecular weight excluding hydrogens is 342 g/mol. The Morgan fingerprint density at radius 1 is 1.04 bits per heavy atom. The third-order valence-corrected chi connectivity index (χ3v) is 5.41. The van der Waals surface area contributed by atoms with Crippen molar-refractivity contribution in [2.75, 3.05) is 25.0 Å². The maximum absolute atomic E-state index is 12.6. The van der Waals surface area contributed by atoms with Gasteiger partial charge < -0.3 is 15.5 Å². The van der Waals surface area contributed by atoms with Gasteiger partial charge in [0, 0.05) is 43.2 Å². The van der Waals surface area contributed by atoms with E-state index in [0.29, 0.717) is 23.7 Å². The summed E-state index contributed by atoms with van der Waals surface area (Å²) in [6, 6.07) is 7.04. The van der Waals surface area contributed by atoms with Crippen LogP contribution in [0.5, 0.6) is 0 Å². The van der Waals surface area contributed by atoms with Crippen LogP contribution >= 0.6 is 0 Å². The van der Waals surface area contributed by atoms with Gasteiger partial charge in [-0.1, -0.05) is 19.8 Å². The molecule has 3 amide bonds. The fourth-order valence-electron chi connectivity index (χ4n) is 3.49. The van der Waals surface area contributed by atoms with Crippen molar-refractivity contribution >= 4 is 23.4 Å². The molecule has 27 heavy (non-hydrogen) atoms. The molecule has 1 aromatic rings. The molecule has 146 valence electrons. The highest BCUT2D eigenvalue weighted by molar-refractivity contribution is 5.96. The van der Waals surface area contributed by atoms with Crippen LogP contribution in [0.25, 0.3) is 0 Å². The minimum absolute atomic E-state index is 0.0479. The van der Waals surface area contributed by atoms with Crippen LogP contribution in [0.15, 0.2) is 24.3 Å². The van der Waals surface area contributed by atoms with Crippen LogP contribution in [0.2, 0.25) is 0 Å². The first-order valence-corrected chi connectivity index (χ1v) is 10.0. The van der Waals surface area contributed by atoms with Crippen molar-refractivity contribution in [2.45, 2.75) is 45.4 Å². The van der Waals surface area contributed by atoms with Crippen molar-refractivity contribution in [3.63, 3.8) is 0 Å². The number of carbonyl (C=O) groups excluding carboxylic acids is 3. The van der Waals surface area contributed by atoms with Gasteiger partial charge in [0.25, 0.3) is 5.91 Å². The van der Waals surface area contributed by atoms with Gasteiger partial charge in [-0.25, -0.2) is 0 Å². The average Bonchev–Trinajstić information content (AvgIpc) is 3.44. The van der Waals surface area contributed by atoms with Gasteiger partial charge >= 0.3 is 0 Å². The van der Waals surface area contributed by atoms with Crippen molar-refractivity contribution < 1.29 is 14.4 Å². The zero-order valence-corrected chi connectivity index (χ0v) is 16.0. The Bertz CT molecular complexity index is 678. The summed E-state index contributed by atoms with van der Waals surface area (Å²) in [5.74, 6) is 0.556. The first-order valence-electron chi connectivity index (χ1n) is 10.0. The summed E-state index contributed by atoms with van der Waals surface area (Å²) < 4.78 is 0. The third-order valence-electron chi connectivity index (χ3n) is 5.41. The van der Waals surface area contributed by atoms with E-state index in [1.165, 1.54) is 12.8 Å². The van der Waals surface area contributed by atoms with Crippen molar-refractivity contribution in [1.82, 2.24) is 10.2 Å². The molecule has 2 fully saturated rings. The smallest absolute Gasteiger partial charge is 0.253 e. The molecule has 1 aliphatic heterocycles. The molecule has 0 radical (unpaired) electrons. The minimum atomic E-state index is -0.147. The lowest BCUT2D eigenvalue weighted by atomic mass is 10.1. The number of hydrogen-bond donors (Lipinski definition) is 2. The van der Waals surface area contributed by atoms with Crippen LogP contribution in [-0.4, -0.2) is 42.3 Å². The number of carbonyl (C=O) groups is 3. The Kier molecular flexibility index (Phi) is 6.48. The summed E-state index contributed by atoms with van der Waals surface area (Å²) in [5.41, 5.74) is 1.32. The first-order chi connectivity index (χ1) is 13.0. The van der Waals surface area contributed by atoms with E-state index in [-0.39, 0.29) is 30.1 Å². The highest BCUT2D eigenvalue weighted by atomic mass is 16.2. The average molecular weight is 371 g/mol. The zero-order valence-electron chi connectivity index (χ0n) is 16.0. The SMILES string of the molecule is CC1CC1C(=O)NCCC(=O)Nc1ccc(C(=O)N2CCCCCC2)cc1. The van der Waals surface area contributed by atoms with Crippen molar-refractivity contribution in [3.8, 4) is 0 Å². The highest BCUT2D eigenvalue weighted by Gasteiger charge is 2.38. The van der Waals surface area contributed by atoms with Gasteiger partial charge in [0.2, 0.25) is 11.8 Å². The van der Waals surface area contributed by atoms with Gasteiger partial charge in [-0.2, -0.15) is 0 Å². The maximum Gasteiger partial charge on any atom is 0.253 e. The fourth-order valence-corrected chi connectivity index (χ4v) is 3.49. The van der Waals surface area contributed by atoms with Crippen molar-refractivity contribution in [2.24, 2.45) is 11.8 Å². The molecule has 1 saturated carbocycles. The standard InChI is InChI=1S/C21H29N3O3/c1-15-14-18(15)20(26)22-11-10-19(25)23-17-8-6-16(7-9-17)21(27)24-12-4-2-3-5-13-24/h6-9,15,18H,2-5,10-14H2,1H3,(H,22,26)(H,23,25). The molecule has 6 heteroatoms. The summed E-state index contributed by atoms with van der Waals surface area (Å²) in [6.07, 6.45) is 5.69. The van der Waals surface area contributed by atoms with Crippen LogP contribution in [-0.2, 0) is 9.59 Å². The predicted molar refractivity (Wildman–Crippen MR) is 104 cm³/mol. The van der Waals surface area contributed by atoms with Crippen LogP contribution in [0.4, 0.5) is 5.69 Å². The second-order valence-corrected chi connectivity index (χ2v) is 7.69. The van der Waals surface area contributed by atoms with Gasteiger partial charge in [0.15, 0.2) is 0 Å². The molecule has 0 spiro atoms. The number of anilines is 1. The number of likely N-dealkylation sites (tertiary alicyclic amines) is 1.